The van der Waals surface area contributed by atoms with Crippen LogP contribution in [0.1, 0.15) is 6.42 Å². The predicted octanol–water partition coefficient (Wildman–Crippen LogP) is -0.777. The first-order valence-corrected chi connectivity index (χ1v) is 2.31. The second-order valence-electron chi connectivity index (χ2n) is 1.28. The molecule has 0 spiro atoms. The van der Waals surface area contributed by atoms with Crippen LogP contribution >= 0.6 is 0 Å². The number of esters is 1. The van der Waals surface area contributed by atoms with E-state index in [0.717, 1.165) is 0 Å². The summed E-state index contributed by atoms with van der Waals surface area (Å²) in [6.07, 6.45) is 0.326. The minimum Gasteiger partial charge on any atom is -0.469 e. The van der Waals surface area contributed by atoms with E-state index in [0.29, 0.717) is 13.0 Å². The molecule has 2 radical (unpaired) electrons. The summed E-state index contributed by atoms with van der Waals surface area (Å²) in [5, 5.41) is 2.33. The van der Waals surface area contributed by atoms with Crippen LogP contribution in [0.4, 0.5) is 0 Å². The molecule has 0 aromatic carbocycles. The lowest BCUT2D eigenvalue weighted by molar-refractivity contribution is -0.140. The number of rotatable bonds is 3. The van der Waals surface area contributed by atoms with Crippen LogP contribution in [0, 0.1) is 0 Å². The summed E-state index contributed by atoms with van der Waals surface area (Å²) < 4.78 is 4.32. The molecular weight excluding hydrogens is 105 g/mol. The van der Waals surface area contributed by atoms with E-state index >= 15 is 0 Å². The van der Waals surface area contributed by atoms with Crippen LogP contribution in [-0.4, -0.2) is 27.6 Å². The van der Waals surface area contributed by atoms with Crippen molar-refractivity contribution in [3.63, 3.8) is 0 Å². The zero-order chi connectivity index (χ0) is 6.41. The molecule has 0 heterocycles. The summed E-state index contributed by atoms with van der Waals surface area (Å²) in [7, 11) is 6.22. The lowest BCUT2D eigenvalue weighted by Crippen LogP contribution is -2.14. The van der Waals surface area contributed by atoms with Gasteiger partial charge < -0.3 is 9.96 Å². The van der Waals surface area contributed by atoms with Crippen LogP contribution in [-0.2, 0) is 9.53 Å². The van der Waals surface area contributed by atoms with E-state index in [-0.39, 0.29) is 5.97 Å². The van der Waals surface area contributed by atoms with E-state index in [4.69, 9.17) is 7.98 Å². The molecular formula is C4H8BNO2. The standard InChI is InChI=1S/C4H8BNO2/c1-8-4(7)2-3-6-5/h6H,2-3H2,1H3. The summed E-state index contributed by atoms with van der Waals surface area (Å²) in [5.74, 6) is -0.247. The fraction of sp³-hybridized carbons (Fsp3) is 0.750. The molecule has 4 heteroatoms. The Labute approximate surface area is 49.8 Å². The molecule has 1 N–H and O–H groups in total. The average Bonchev–Trinajstić information content (AvgIpc) is 1.83. The molecule has 8 heavy (non-hydrogen) atoms. The molecule has 0 atom stereocenters. The van der Waals surface area contributed by atoms with Crippen molar-refractivity contribution in [3.8, 4) is 0 Å². The van der Waals surface area contributed by atoms with Crippen molar-refractivity contribution in [2.24, 2.45) is 0 Å². The highest BCUT2D eigenvalue weighted by Gasteiger charge is 1.94. The Hall–Kier alpha value is -0.505. The van der Waals surface area contributed by atoms with Crippen molar-refractivity contribution in [1.29, 1.82) is 0 Å². The lowest BCUT2D eigenvalue weighted by atomic mass is 10.3. The Balaban J connectivity index is 2.99. The molecule has 0 aliphatic carbocycles. The van der Waals surface area contributed by atoms with Gasteiger partial charge in [-0.3, -0.25) is 4.79 Å². The highest BCUT2D eigenvalue weighted by molar-refractivity contribution is 6.04. The van der Waals surface area contributed by atoms with Crippen LogP contribution < -0.4 is 5.23 Å². The van der Waals surface area contributed by atoms with Gasteiger partial charge in [-0.2, -0.15) is 0 Å². The predicted molar refractivity (Wildman–Crippen MR) is 30.4 cm³/mol. The summed E-state index contributed by atoms with van der Waals surface area (Å²) >= 11 is 0. The average molecular weight is 113 g/mol. The summed E-state index contributed by atoms with van der Waals surface area (Å²) in [6.45, 7) is 0.465. The van der Waals surface area contributed by atoms with E-state index < -0.39 is 0 Å². The highest BCUT2D eigenvalue weighted by Crippen LogP contribution is 1.78. The molecule has 0 aromatic rings. The molecule has 0 saturated carbocycles. The Morgan fingerprint density at radius 3 is 2.88 bits per heavy atom. The fourth-order valence-electron chi connectivity index (χ4n) is 0.276. The molecule has 0 aliphatic rings. The van der Waals surface area contributed by atoms with Gasteiger partial charge >= 0.3 is 5.97 Å². The monoisotopic (exact) mass is 113 g/mol. The molecule has 0 saturated heterocycles. The number of methoxy groups -OCH3 is 1. The molecule has 0 unspecified atom stereocenters. The molecule has 0 fully saturated rings. The van der Waals surface area contributed by atoms with E-state index in [1.165, 1.54) is 7.11 Å². The molecule has 44 valence electrons. The zero-order valence-corrected chi connectivity index (χ0v) is 4.81. The molecule has 0 aliphatic heterocycles. The van der Waals surface area contributed by atoms with Crippen LogP contribution in [0.3, 0.4) is 0 Å². The largest absolute Gasteiger partial charge is 0.469 e. The fourth-order valence-corrected chi connectivity index (χ4v) is 0.276. The first kappa shape index (κ1) is 7.49. The number of carbonyl (C=O) groups excluding carboxylic acids is 1. The van der Waals surface area contributed by atoms with Gasteiger partial charge in [0.1, 0.15) is 0 Å². The van der Waals surface area contributed by atoms with Crippen molar-refractivity contribution < 1.29 is 9.53 Å². The number of ether oxygens (including phenoxy) is 1. The maximum atomic E-state index is 10.3. The molecule has 0 rings (SSSR count). The Bertz CT molecular complexity index is 76.4. The van der Waals surface area contributed by atoms with E-state index in [1.54, 1.807) is 0 Å². The Morgan fingerprint density at radius 1 is 1.88 bits per heavy atom. The van der Waals surface area contributed by atoms with Gasteiger partial charge in [-0.1, -0.05) is 0 Å². The maximum Gasteiger partial charge on any atom is 0.306 e. The number of hydrogen-bond acceptors (Lipinski definition) is 3. The normalized spacial score (nSPS) is 8.62. The van der Waals surface area contributed by atoms with Gasteiger partial charge in [0.05, 0.1) is 13.5 Å². The van der Waals surface area contributed by atoms with Gasteiger partial charge in [0.25, 0.3) is 0 Å². The van der Waals surface area contributed by atoms with E-state index in [2.05, 4.69) is 9.96 Å². The van der Waals surface area contributed by atoms with Crippen LogP contribution in [0.2, 0.25) is 0 Å². The number of hydrogen-bond donors (Lipinski definition) is 1. The smallest absolute Gasteiger partial charge is 0.306 e. The van der Waals surface area contributed by atoms with Crippen molar-refractivity contribution in [2.75, 3.05) is 13.7 Å². The van der Waals surface area contributed by atoms with Gasteiger partial charge in [0, 0.05) is 0 Å². The van der Waals surface area contributed by atoms with Crippen molar-refractivity contribution in [3.05, 3.63) is 0 Å². The lowest BCUT2D eigenvalue weighted by Gasteiger charge is -1.95. The van der Waals surface area contributed by atoms with E-state index in [1.807, 2.05) is 0 Å². The highest BCUT2D eigenvalue weighted by atomic mass is 16.5. The zero-order valence-electron chi connectivity index (χ0n) is 4.81. The first-order chi connectivity index (χ1) is 3.81. The number of carbonyl (C=O) groups is 1. The maximum absolute atomic E-state index is 10.3. The first-order valence-electron chi connectivity index (χ1n) is 2.31. The van der Waals surface area contributed by atoms with Gasteiger partial charge in [-0.25, -0.2) is 0 Å². The third-order valence-corrected chi connectivity index (χ3v) is 0.701. The third-order valence-electron chi connectivity index (χ3n) is 0.701. The van der Waals surface area contributed by atoms with Gasteiger partial charge in [0.15, 0.2) is 7.98 Å². The summed E-state index contributed by atoms with van der Waals surface area (Å²) in [4.78, 5) is 10.3. The van der Waals surface area contributed by atoms with Gasteiger partial charge in [0.2, 0.25) is 0 Å². The third kappa shape index (κ3) is 3.68. The molecule has 0 aromatic heterocycles. The Morgan fingerprint density at radius 2 is 2.50 bits per heavy atom. The van der Waals surface area contributed by atoms with Crippen molar-refractivity contribution in [1.82, 2.24) is 5.23 Å². The SMILES string of the molecule is [B]NCCC(=O)OC. The summed E-state index contributed by atoms with van der Waals surface area (Å²) in [5.41, 5.74) is 0. The van der Waals surface area contributed by atoms with Gasteiger partial charge in [-0.05, 0) is 6.54 Å². The van der Waals surface area contributed by atoms with Crippen LogP contribution in [0.15, 0.2) is 0 Å². The minimum absolute atomic E-state index is 0.247. The van der Waals surface area contributed by atoms with E-state index in [9.17, 15) is 4.79 Å². The quantitative estimate of drug-likeness (QED) is 0.385. The van der Waals surface area contributed by atoms with Crippen molar-refractivity contribution in [2.45, 2.75) is 6.42 Å². The summed E-state index contributed by atoms with van der Waals surface area (Å²) in [6, 6.07) is 0. The van der Waals surface area contributed by atoms with Crippen molar-refractivity contribution >= 4 is 14.0 Å². The minimum atomic E-state index is -0.247. The molecule has 0 bridgehead atoms. The van der Waals surface area contributed by atoms with Crippen LogP contribution in [0.25, 0.3) is 0 Å². The second kappa shape index (κ2) is 4.65. The molecule has 3 nitrogen and oxygen atoms in total. The molecule has 0 amide bonds. The number of nitrogens with one attached hydrogen (secondary N) is 1. The Kier molecular flexibility index (Phi) is 4.36. The van der Waals surface area contributed by atoms with Crippen LogP contribution in [0.5, 0.6) is 0 Å². The van der Waals surface area contributed by atoms with Gasteiger partial charge in [-0.15, -0.1) is 0 Å². The second-order valence-corrected chi connectivity index (χ2v) is 1.28. The topological polar surface area (TPSA) is 38.3 Å².